The van der Waals surface area contributed by atoms with Crippen LogP contribution < -0.4 is 10.6 Å². The summed E-state index contributed by atoms with van der Waals surface area (Å²) in [5.74, 6) is 0.477. The molecule has 1 heterocycles. The fourth-order valence-electron chi connectivity index (χ4n) is 2.88. The summed E-state index contributed by atoms with van der Waals surface area (Å²) in [7, 11) is 4.12. The lowest BCUT2D eigenvalue weighted by Crippen LogP contribution is -2.36. The number of hydrogen-bond acceptors (Lipinski definition) is 3. The quantitative estimate of drug-likeness (QED) is 0.904. The first-order chi connectivity index (χ1) is 9.11. The lowest BCUT2D eigenvalue weighted by atomic mass is 9.96. The molecule has 0 aromatic heterocycles. The van der Waals surface area contributed by atoms with E-state index in [-0.39, 0.29) is 5.82 Å². The summed E-state index contributed by atoms with van der Waals surface area (Å²) in [6, 6.07) is 5.15. The van der Waals surface area contributed by atoms with Gasteiger partial charge in [0, 0.05) is 20.1 Å². The number of likely N-dealkylation sites (tertiary alicyclic amines) is 1. The van der Waals surface area contributed by atoms with Gasteiger partial charge in [-0.1, -0.05) is 12.1 Å². The highest BCUT2D eigenvalue weighted by Crippen LogP contribution is 2.26. The smallest absolute Gasteiger partial charge is 0.146 e. The van der Waals surface area contributed by atoms with Crippen LogP contribution in [0.2, 0.25) is 0 Å². The van der Waals surface area contributed by atoms with Crippen LogP contribution in [-0.4, -0.2) is 38.6 Å². The summed E-state index contributed by atoms with van der Waals surface area (Å²) in [6.45, 7) is 3.56. The molecule has 0 radical (unpaired) electrons. The van der Waals surface area contributed by atoms with Crippen molar-refractivity contribution in [2.24, 2.45) is 11.7 Å². The van der Waals surface area contributed by atoms with Crippen LogP contribution in [0.4, 0.5) is 10.1 Å². The second-order valence-electron chi connectivity index (χ2n) is 5.58. The Kier molecular flexibility index (Phi) is 4.77. The van der Waals surface area contributed by atoms with Gasteiger partial charge in [0.2, 0.25) is 0 Å². The normalized spacial score (nSPS) is 17.7. The van der Waals surface area contributed by atoms with Crippen molar-refractivity contribution < 1.29 is 4.39 Å². The molecular weight excluding hydrogens is 241 g/mol. The maximum absolute atomic E-state index is 14.0. The molecule has 106 valence electrons. The van der Waals surface area contributed by atoms with Gasteiger partial charge in [-0.05, 0) is 50.5 Å². The van der Waals surface area contributed by atoms with Crippen LogP contribution in [0.5, 0.6) is 0 Å². The molecule has 0 atom stereocenters. The van der Waals surface area contributed by atoms with Gasteiger partial charge in [0.1, 0.15) is 5.82 Å². The molecule has 19 heavy (non-hydrogen) atoms. The molecule has 1 aromatic carbocycles. The molecule has 4 heteroatoms. The van der Waals surface area contributed by atoms with Crippen LogP contribution in [0.15, 0.2) is 18.2 Å². The minimum absolute atomic E-state index is 0.168. The molecular formula is C15H24FN3. The monoisotopic (exact) mass is 265 g/mol. The Morgan fingerprint density at radius 3 is 2.68 bits per heavy atom. The third kappa shape index (κ3) is 3.45. The van der Waals surface area contributed by atoms with E-state index in [1.807, 2.05) is 18.0 Å². The highest BCUT2D eigenvalue weighted by molar-refractivity contribution is 5.54. The maximum atomic E-state index is 14.0. The largest absolute Gasteiger partial charge is 0.372 e. The fourth-order valence-corrected chi connectivity index (χ4v) is 2.88. The second kappa shape index (κ2) is 6.35. The van der Waals surface area contributed by atoms with E-state index in [9.17, 15) is 4.39 Å². The number of halogens is 1. The van der Waals surface area contributed by atoms with Gasteiger partial charge in [0.25, 0.3) is 0 Å². The third-order valence-electron chi connectivity index (χ3n) is 4.04. The number of benzene rings is 1. The van der Waals surface area contributed by atoms with E-state index >= 15 is 0 Å². The molecule has 0 aliphatic carbocycles. The zero-order valence-electron chi connectivity index (χ0n) is 11.9. The van der Waals surface area contributed by atoms with Gasteiger partial charge in [0.05, 0.1) is 5.69 Å². The highest BCUT2D eigenvalue weighted by Gasteiger charge is 2.20. The van der Waals surface area contributed by atoms with Crippen molar-refractivity contribution >= 4 is 5.69 Å². The molecule has 0 unspecified atom stereocenters. The first-order valence-corrected chi connectivity index (χ1v) is 6.99. The maximum Gasteiger partial charge on any atom is 0.146 e. The van der Waals surface area contributed by atoms with Gasteiger partial charge in [-0.2, -0.15) is 0 Å². The summed E-state index contributed by atoms with van der Waals surface area (Å²) < 4.78 is 14.0. The predicted octanol–water partition coefficient (Wildman–Crippen LogP) is 2.06. The SMILES string of the molecule is CN1CCC(CN(C)c2c(F)cccc2CN)CC1. The van der Waals surface area contributed by atoms with Crippen molar-refractivity contribution in [1.82, 2.24) is 4.90 Å². The Bertz CT molecular complexity index is 414. The number of piperidine rings is 1. The Labute approximate surface area is 115 Å². The lowest BCUT2D eigenvalue weighted by molar-refractivity contribution is 0.222. The summed E-state index contributed by atoms with van der Waals surface area (Å²) in [5, 5.41) is 0. The molecule has 0 spiro atoms. The molecule has 0 amide bonds. The van der Waals surface area contributed by atoms with Gasteiger partial charge in [-0.25, -0.2) is 4.39 Å². The zero-order valence-corrected chi connectivity index (χ0v) is 11.9. The molecule has 1 aliphatic heterocycles. The average Bonchev–Trinajstić information content (AvgIpc) is 2.40. The predicted molar refractivity (Wildman–Crippen MR) is 77.8 cm³/mol. The minimum atomic E-state index is -0.168. The second-order valence-corrected chi connectivity index (χ2v) is 5.58. The van der Waals surface area contributed by atoms with E-state index in [0.29, 0.717) is 18.2 Å². The van der Waals surface area contributed by atoms with Crippen LogP contribution in [0, 0.1) is 11.7 Å². The minimum Gasteiger partial charge on any atom is -0.372 e. The Balaban J connectivity index is 2.05. The van der Waals surface area contributed by atoms with Gasteiger partial charge in [-0.15, -0.1) is 0 Å². The summed E-state index contributed by atoms with van der Waals surface area (Å²) in [5.41, 5.74) is 7.26. The number of anilines is 1. The third-order valence-corrected chi connectivity index (χ3v) is 4.04. The number of rotatable bonds is 4. The molecule has 3 nitrogen and oxygen atoms in total. The highest BCUT2D eigenvalue weighted by atomic mass is 19.1. The lowest BCUT2D eigenvalue weighted by Gasteiger charge is -2.33. The topological polar surface area (TPSA) is 32.5 Å². The van der Waals surface area contributed by atoms with Crippen molar-refractivity contribution in [2.75, 3.05) is 38.6 Å². The van der Waals surface area contributed by atoms with Crippen molar-refractivity contribution in [3.05, 3.63) is 29.6 Å². The van der Waals surface area contributed by atoms with Crippen LogP contribution in [-0.2, 0) is 6.54 Å². The Morgan fingerprint density at radius 2 is 2.05 bits per heavy atom. The molecule has 1 aromatic rings. The van der Waals surface area contributed by atoms with E-state index in [1.165, 1.54) is 18.9 Å². The van der Waals surface area contributed by atoms with E-state index < -0.39 is 0 Å². The molecule has 1 fully saturated rings. The molecule has 0 bridgehead atoms. The van der Waals surface area contributed by atoms with Gasteiger partial charge in [-0.3, -0.25) is 0 Å². The standard InChI is InChI=1S/C15H24FN3/c1-18-8-6-12(7-9-18)11-19(2)15-13(10-17)4-3-5-14(15)16/h3-5,12H,6-11,17H2,1-2H3. The average molecular weight is 265 g/mol. The van der Waals surface area contributed by atoms with Crippen LogP contribution in [0.3, 0.4) is 0 Å². The van der Waals surface area contributed by atoms with Gasteiger partial charge in [0.15, 0.2) is 0 Å². The molecule has 1 aliphatic rings. The van der Waals surface area contributed by atoms with Gasteiger partial charge < -0.3 is 15.5 Å². The van der Waals surface area contributed by atoms with Crippen molar-refractivity contribution in [1.29, 1.82) is 0 Å². The first kappa shape index (κ1) is 14.3. The first-order valence-electron chi connectivity index (χ1n) is 6.99. The van der Waals surface area contributed by atoms with E-state index in [4.69, 9.17) is 5.73 Å². The van der Waals surface area contributed by atoms with Crippen molar-refractivity contribution in [3.8, 4) is 0 Å². The molecule has 2 rings (SSSR count). The van der Waals surface area contributed by atoms with E-state index in [0.717, 1.165) is 25.2 Å². The number of hydrogen-bond donors (Lipinski definition) is 1. The van der Waals surface area contributed by atoms with E-state index in [2.05, 4.69) is 11.9 Å². The van der Waals surface area contributed by atoms with Crippen LogP contribution >= 0.6 is 0 Å². The Morgan fingerprint density at radius 1 is 1.37 bits per heavy atom. The number of nitrogens with zero attached hydrogens (tertiary/aromatic N) is 2. The zero-order chi connectivity index (χ0) is 13.8. The summed E-state index contributed by atoms with van der Waals surface area (Å²) >= 11 is 0. The van der Waals surface area contributed by atoms with Crippen LogP contribution in [0.25, 0.3) is 0 Å². The Hall–Kier alpha value is -1.13. The van der Waals surface area contributed by atoms with Crippen molar-refractivity contribution in [3.63, 3.8) is 0 Å². The van der Waals surface area contributed by atoms with Gasteiger partial charge >= 0.3 is 0 Å². The molecule has 0 saturated carbocycles. The number of para-hydroxylation sites is 1. The van der Waals surface area contributed by atoms with E-state index in [1.54, 1.807) is 6.07 Å². The fraction of sp³-hybridized carbons (Fsp3) is 0.600. The summed E-state index contributed by atoms with van der Waals surface area (Å²) in [4.78, 5) is 4.39. The summed E-state index contributed by atoms with van der Waals surface area (Å²) in [6.07, 6.45) is 2.38. The van der Waals surface area contributed by atoms with Crippen LogP contribution in [0.1, 0.15) is 18.4 Å². The molecule has 2 N–H and O–H groups in total. The number of nitrogens with two attached hydrogens (primary N) is 1. The van der Waals surface area contributed by atoms with Crippen molar-refractivity contribution in [2.45, 2.75) is 19.4 Å². The molecule has 1 saturated heterocycles.